The molecule has 0 aromatic heterocycles. The topological polar surface area (TPSA) is 35.8 Å². The Bertz CT molecular complexity index is 288. The van der Waals surface area contributed by atoms with Gasteiger partial charge in [0.05, 0.1) is 11.5 Å². The molecule has 0 spiro atoms. The molecular formula is C14H22N2. The maximum atomic E-state index is 9.27. The smallest absolute Gasteiger partial charge is 0.0846 e. The van der Waals surface area contributed by atoms with Gasteiger partial charge in [-0.05, 0) is 31.5 Å². The molecule has 88 valence electrons. The highest BCUT2D eigenvalue weighted by Gasteiger charge is 2.34. The third-order valence-electron chi connectivity index (χ3n) is 2.74. The maximum absolute atomic E-state index is 9.27. The van der Waals surface area contributed by atoms with Gasteiger partial charge in [-0.3, -0.25) is 0 Å². The van der Waals surface area contributed by atoms with Gasteiger partial charge in [0.25, 0.3) is 0 Å². The van der Waals surface area contributed by atoms with Gasteiger partial charge >= 0.3 is 0 Å². The zero-order chi connectivity index (χ0) is 12.4. The lowest BCUT2D eigenvalue weighted by molar-refractivity contribution is 0.339. The van der Waals surface area contributed by atoms with Crippen LogP contribution in [0.5, 0.6) is 0 Å². The number of rotatable bonds is 3. The van der Waals surface area contributed by atoms with E-state index in [9.17, 15) is 5.26 Å². The number of nitrogens with zero attached hydrogens (tertiary/aromatic N) is 1. The molecule has 2 heteroatoms. The highest BCUT2D eigenvalue weighted by molar-refractivity contribution is 5.35. The van der Waals surface area contributed by atoms with E-state index in [-0.39, 0.29) is 5.41 Å². The van der Waals surface area contributed by atoms with Crippen molar-refractivity contribution in [1.29, 1.82) is 5.26 Å². The molecule has 0 atom stereocenters. The first-order valence-electron chi connectivity index (χ1n) is 5.87. The Hall–Kier alpha value is -1.33. The van der Waals surface area contributed by atoms with Crippen molar-refractivity contribution in [2.24, 2.45) is 5.41 Å². The van der Waals surface area contributed by atoms with Crippen LogP contribution in [0.25, 0.3) is 0 Å². The van der Waals surface area contributed by atoms with Crippen molar-refractivity contribution in [1.82, 2.24) is 5.32 Å². The van der Waals surface area contributed by atoms with Crippen LogP contribution in [-0.4, -0.2) is 13.1 Å². The zero-order valence-corrected chi connectivity index (χ0v) is 10.4. The van der Waals surface area contributed by atoms with Crippen LogP contribution in [0.2, 0.25) is 0 Å². The minimum Gasteiger partial charge on any atom is -0.317 e. The standard InChI is InChI=1S/C12H16N2.C2H6/c1-3-5-11(4-2)12(10-13)6-8-14-9-7-12;1-2/h3-5,14H,1-2,6-9H2;1-2H3/b11-5+;. The van der Waals surface area contributed by atoms with E-state index < -0.39 is 0 Å². The summed E-state index contributed by atoms with van der Waals surface area (Å²) in [6.45, 7) is 13.2. The first-order chi connectivity index (χ1) is 7.79. The van der Waals surface area contributed by atoms with Crippen molar-refractivity contribution in [3.8, 4) is 6.07 Å². The summed E-state index contributed by atoms with van der Waals surface area (Å²) in [5, 5.41) is 12.5. The van der Waals surface area contributed by atoms with E-state index in [0.717, 1.165) is 31.5 Å². The lowest BCUT2D eigenvalue weighted by Gasteiger charge is -2.32. The second-order valence-corrected chi connectivity index (χ2v) is 3.51. The molecule has 1 N–H and O–H groups in total. The Morgan fingerprint density at radius 3 is 2.25 bits per heavy atom. The minimum absolute atomic E-state index is 0.346. The summed E-state index contributed by atoms with van der Waals surface area (Å²) in [7, 11) is 0. The van der Waals surface area contributed by atoms with Gasteiger partial charge < -0.3 is 5.32 Å². The van der Waals surface area contributed by atoms with Crippen molar-refractivity contribution in [3.05, 3.63) is 37.0 Å². The second-order valence-electron chi connectivity index (χ2n) is 3.51. The molecule has 1 rings (SSSR count). The van der Waals surface area contributed by atoms with E-state index in [4.69, 9.17) is 0 Å². The second kappa shape index (κ2) is 7.90. The molecule has 16 heavy (non-hydrogen) atoms. The molecule has 0 saturated carbocycles. The van der Waals surface area contributed by atoms with Gasteiger partial charge in [-0.1, -0.05) is 45.2 Å². The van der Waals surface area contributed by atoms with Crippen LogP contribution in [-0.2, 0) is 0 Å². The zero-order valence-electron chi connectivity index (χ0n) is 10.4. The van der Waals surface area contributed by atoms with Crippen LogP contribution in [0.4, 0.5) is 0 Å². The Balaban J connectivity index is 0.00000106. The van der Waals surface area contributed by atoms with E-state index in [1.807, 2.05) is 19.9 Å². The fourth-order valence-electron chi connectivity index (χ4n) is 1.87. The molecule has 1 heterocycles. The van der Waals surface area contributed by atoms with Gasteiger partial charge in [0.2, 0.25) is 0 Å². The van der Waals surface area contributed by atoms with Gasteiger partial charge in [0.1, 0.15) is 0 Å². The molecule has 0 aromatic rings. The molecule has 0 bridgehead atoms. The van der Waals surface area contributed by atoms with Crippen molar-refractivity contribution in [2.75, 3.05) is 13.1 Å². The predicted octanol–water partition coefficient (Wildman–Crippen LogP) is 3.20. The normalized spacial score (nSPS) is 18.7. The third kappa shape index (κ3) is 3.36. The highest BCUT2D eigenvalue weighted by atomic mass is 14.9. The predicted molar refractivity (Wildman–Crippen MR) is 70.0 cm³/mol. The van der Waals surface area contributed by atoms with Gasteiger partial charge in [0.15, 0.2) is 0 Å². The number of nitriles is 1. The molecule has 1 aliphatic heterocycles. The van der Waals surface area contributed by atoms with Crippen LogP contribution in [0.1, 0.15) is 26.7 Å². The van der Waals surface area contributed by atoms with Crippen molar-refractivity contribution < 1.29 is 0 Å². The molecule has 0 amide bonds. The Morgan fingerprint density at radius 2 is 1.88 bits per heavy atom. The molecule has 0 aliphatic carbocycles. The Morgan fingerprint density at radius 1 is 1.31 bits per heavy atom. The Kier molecular flexibility index (Phi) is 7.24. The number of allylic oxidation sites excluding steroid dienone is 4. The van der Waals surface area contributed by atoms with Gasteiger partial charge in [-0.25, -0.2) is 0 Å². The number of nitrogens with one attached hydrogen (secondary N) is 1. The van der Waals surface area contributed by atoms with Crippen LogP contribution < -0.4 is 5.32 Å². The third-order valence-corrected chi connectivity index (χ3v) is 2.74. The van der Waals surface area contributed by atoms with E-state index in [0.29, 0.717) is 0 Å². The summed E-state index contributed by atoms with van der Waals surface area (Å²) in [5.74, 6) is 0. The molecule has 2 nitrogen and oxygen atoms in total. The van der Waals surface area contributed by atoms with Crippen LogP contribution in [0, 0.1) is 16.7 Å². The average Bonchev–Trinajstić information content (AvgIpc) is 2.39. The molecule has 0 radical (unpaired) electrons. The van der Waals surface area contributed by atoms with Crippen molar-refractivity contribution in [3.63, 3.8) is 0 Å². The number of hydrogen-bond donors (Lipinski definition) is 1. The van der Waals surface area contributed by atoms with Gasteiger partial charge in [0, 0.05) is 0 Å². The lowest BCUT2D eigenvalue weighted by atomic mass is 9.74. The van der Waals surface area contributed by atoms with Gasteiger partial charge in [-0.2, -0.15) is 5.26 Å². The number of hydrogen-bond acceptors (Lipinski definition) is 2. The molecule has 1 saturated heterocycles. The molecular weight excluding hydrogens is 196 g/mol. The van der Waals surface area contributed by atoms with E-state index in [1.54, 1.807) is 12.2 Å². The lowest BCUT2D eigenvalue weighted by Crippen LogP contribution is -2.36. The van der Waals surface area contributed by atoms with E-state index in [2.05, 4.69) is 24.5 Å². The summed E-state index contributed by atoms with van der Waals surface area (Å²) in [6, 6.07) is 2.43. The summed E-state index contributed by atoms with van der Waals surface area (Å²) >= 11 is 0. The molecule has 0 unspecified atom stereocenters. The summed E-state index contributed by atoms with van der Waals surface area (Å²) in [5.41, 5.74) is 0.651. The average molecular weight is 218 g/mol. The summed E-state index contributed by atoms with van der Waals surface area (Å²) in [4.78, 5) is 0. The molecule has 0 aromatic carbocycles. The first kappa shape index (κ1) is 14.7. The quantitative estimate of drug-likeness (QED) is 0.738. The van der Waals surface area contributed by atoms with Crippen LogP contribution >= 0.6 is 0 Å². The van der Waals surface area contributed by atoms with E-state index >= 15 is 0 Å². The maximum Gasteiger partial charge on any atom is 0.0846 e. The Labute approximate surface area is 99.4 Å². The van der Waals surface area contributed by atoms with E-state index in [1.165, 1.54) is 0 Å². The van der Waals surface area contributed by atoms with Crippen molar-refractivity contribution in [2.45, 2.75) is 26.7 Å². The minimum atomic E-state index is -0.346. The molecule has 1 aliphatic rings. The molecule has 1 fully saturated rings. The van der Waals surface area contributed by atoms with Gasteiger partial charge in [-0.15, -0.1) is 0 Å². The fourth-order valence-corrected chi connectivity index (χ4v) is 1.87. The first-order valence-corrected chi connectivity index (χ1v) is 5.87. The highest BCUT2D eigenvalue weighted by Crippen LogP contribution is 2.36. The summed E-state index contributed by atoms with van der Waals surface area (Å²) < 4.78 is 0. The number of piperidine rings is 1. The van der Waals surface area contributed by atoms with Crippen LogP contribution in [0.15, 0.2) is 37.0 Å². The monoisotopic (exact) mass is 218 g/mol. The largest absolute Gasteiger partial charge is 0.317 e. The SMILES string of the molecule is C=C/C=C(\C=C)C1(C#N)CCNCC1.CC. The summed E-state index contributed by atoms with van der Waals surface area (Å²) in [6.07, 6.45) is 7.10. The fraction of sp³-hybridized carbons (Fsp3) is 0.500. The van der Waals surface area contributed by atoms with Crippen LogP contribution in [0.3, 0.4) is 0 Å². The van der Waals surface area contributed by atoms with Crippen molar-refractivity contribution >= 4 is 0 Å².